The van der Waals surface area contributed by atoms with Gasteiger partial charge in [0.05, 0.1) is 0 Å². The topological polar surface area (TPSA) is 17.1 Å². The quantitative estimate of drug-likeness (QED) is 0.607. The van der Waals surface area contributed by atoms with E-state index in [1.54, 1.807) is 0 Å². The Bertz CT molecular complexity index is 199. The van der Waals surface area contributed by atoms with Crippen LogP contribution in [-0.4, -0.2) is 5.78 Å². The molecular formula is C13H22O. The molecule has 1 aliphatic carbocycles. The molecule has 1 rings (SSSR count). The van der Waals surface area contributed by atoms with Crippen LogP contribution in [-0.2, 0) is 4.79 Å². The Morgan fingerprint density at radius 1 is 1.29 bits per heavy atom. The maximum absolute atomic E-state index is 11.9. The van der Waals surface area contributed by atoms with Crippen LogP contribution in [0.25, 0.3) is 0 Å². The molecule has 0 aromatic heterocycles. The standard InChI is InChI=1S/C13H22O/c1-3-4-8-11(2)13(14)12-9-6-5-7-10-12/h12H,2-10H2,1H3. The molecule has 0 N–H and O–H groups in total. The zero-order chi connectivity index (χ0) is 10.4. The van der Waals surface area contributed by atoms with Gasteiger partial charge in [0.2, 0.25) is 0 Å². The maximum atomic E-state index is 11.9. The molecule has 1 saturated carbocycles. The van der Waals surface area contributed by atoms with Crippen LogP contribution < -0.4 is 0 Å². The molecule has 0 aromatic rings. The number of carbonyl (C=O) groups excluding carboxylic acids is 1. The van der Waals surface area contributed by atoms with E-state index in [1.807, 2.05) is 0 Å². The van der Waals surface area contributed by atoms with Crippen LogP contribution in [0.2, 0.25) is 0 Å². The Hall–Kier alpha value is -0.590. The van der Waals surface area contributed by atoms with Gasteiger partial charge >= 0.3 is 0 Å². The van der Waals surface area contributed by atoms with Gasteiger partial charge in [-0.25, -0.2) is 0 Å². The van der Waals surface area contributed by atoms with Gasteiger partial charge in [-0.2, -0.15) is 0 Å². The highest BCUT2D eigenvalue weighted by molar-refractivity contribution is 5.96. The van der Waals surface area contributed by atoms with Crippen molar-refractivity contribution < 1.29 is 4.79 Å². The monoisotopic (exact) mass is 194 g/mol. The zero-order valence-electron chi connectivity index (χ0n) is 9.35. The van der Waals surface area contributed by atoms with E-state index in [9.17, 15) is 4.79 Å². The lowest BCUT2D eigenvalue weighted by Crippen LogP contribution is -2.19. The molecule has 0 unspecified atom stereocenters. The molecule has 1 aliphatic rings. The van der Waals surface area contributed by atoms with Gasteiger partial charge in [-0.1, -0.05) is 39.2 Å². The lowest BCUT2D eigenvalue weighted by molar-refractivity contribution is -0.120. The Morgan fingerprint density at radius 3 is 2.50 bits per heavy atom. The lowest BCUT2D eigenvalue weighted by atomic mass is 9.83. The fraction of sp³-hybridized carbons (Fsp3) is 0.769. The molecule has 14 heavy (non-hydrogen) atoms. The first-order valence-corrected chi connectivity index (χ1v) is 5.97. The van der Waals surface area contributed by atoms with Crippen molar-refractivity contribution in [1.82, 2.24) is 0 Å². The van der Waals surface area contributed by atoms with Crippen molar-refractivity contribution in [1.29, 1.82) is 0 Å². The largest absolute Gasteiger partial charge is 0.294 e. The van der Waals surface area contributed by atoms with Crippen LogP contribution in [0.5, 0.6) is 0 Å². The summed E-state index contributed by atoms with van der Waals surface area (Å²) in [7, 11) is 0. The van der Waals surface area contributed by atoms with Gasteiger partial charge in [0.1, 0.15) is 0 Å². The van der Waals surface area contributed by atoms with Crippen molar-refractivity contribution in [2.75, 3.05) is 0 Å². The van der Waals surface area contributed by atoms with E-state index in [2.05, 4.69) is 13.5 Å². The predicted octanol–water partition coefficient (Wildman–Crippen LogP) is 3.88. The first-order chi connectivity index (χ1) is 6.75. The van der Waals surface area contributed by atoms with E-state index in [0.29, 0.717) is 11.7 Å². The second kappa shape index (κ2) is 6.00. The highest BCUT2D eigenvalue weighted by Gasteiger charge is 2.22. The van der Waals surface area contributed by atoms with Crippen LogP contribution in [0.3, 0.4) is 0 Å². The summed E-state index contributed by atoms with van der Waals surface area (Å²) in [6.07, 6.45) is 9.15. The number of allylic oxidation sites excluding steroid dienone is 1. The second-order valence-corrected chi connectivity index (χ2v) is 4.41. The molecule has 0 aromatic carbocycles. The van der Waals surface area contributed by atoms with Gasteiger partial charge in [0.15, 0.2) is 5.78 Å². The van der Waals surface area contributed by atoms with Crippen molar-refractivity contribution in [2.24, 2.45) is 5.92 Å². The van der Waals surface area contributed by atoms with Gasteiger partial charge in [0.25, 0.3) is 0 Å². The van der Waals surface area contributed by atoms with E-state index in [0.717, 1.165) is 37.7 Å². The Morgan fingerprint density at radius 2 is 1.93 bits per heavy atom. The number of Topliss-reactive ketones (excluding diaryl/α,β-unsaturated/α-hetero) is 1. The highest BCUT2D eigenvalue weighted by atomic mass is 16.1. The molecule has 0 atom stereocenters. The summed E-state index contributed by atoms with van der Waals surface area (Å²) < 4.78 is 0. The van der Waals surface area contributed by atoms with Gasteiger partial charge in [-0.15, -0.1) is 0 Å². The SMILES string of the molecule is C=C(CCCC)C(=O)C1CCCCC1. The smallest absolute Gasteiger partial charge is 0.161 e. The van der Waals surface area contributed by atoms with Crippen molar-refractivity contribution >= 4 is 5.78 Å². The Balaban J connectivity index is 2.34. The first kappa shape index (κ1) is 11.5. The number of ketones is 1. The summed E-state index contributed by atoms with van der Waals surface area (Å²) in [5, 5.41) is 0. The van der Waals surface area contributed by atoms with Gasteiger partial charge < -0.3 is 0 Å². The summed E-state index contributed by atoms with van der Waals surface area (Å²) in [4.78, 5) is 11.9. The fourth-order valence-electron chi connectivity index (χ4n) is 2.17. The molecule has 0 amide bonds. The molecular weight excluding hydrogens is 172 g/mol. The van der Waals surface area contributed by atoms with Crippen LogP contribution >= 0.6 is 0 Å². The number of unbranched alkanes of at least 4 members (excludes halogenated alkanes) is 1. The predicted molar refractivity (Wildman–Crippen MR) is 60.2 cm³/mol. The molecule has 1 fully saturated rings. The van der Waals surface area contributed by atoms with Crippen LogP contribution in [0.15, 0.2) is 12.2 Å². The Kier molecular flexibility index (Phi) is 4.92. The number of rotatable bonds is 5. The van der Waals surface area contributed by atoms with E-state index >= 15 is 0 Å². The minimum absolute atomic E-state index is 0.313. The van der Waals surface area contributed by atoms with Crippen molar-refractivity contribution in [3.63, 3.8) is 0 Å². The molecule has 0 heterocycles. The minimum Gasteiger partial charge on any atom is -0.294 e. The van der Waals surface area contributed by atoms with E-state index in [4.69, 9.17) is 0 Å². The summed E-state index contributed by atoms with van der Waals surface area (Å²) in [5.74, 6) is 0.672. The first-order valence-electron chi connectivity index (χ1n) is 5.97. The molecule has 0 saturated heterocycles. The number of carbonyl (C=O) groups is 1. The molecule has 0 spiro atoms. The summed E-state index contributed by atoms with van der Waals surface area (Å²) in [5.41, 5.74) is 0.874. The molecule has 0 aliphatic heterocycles. The van der Waals surface area contributed by atoms with Crippen LogP contribution in [0.4, 0.5) is 0 Å². The summed E-state index contributed by atoms with van der Waals surface area (Å²) in [6, 6.07) is 0. The van der Waals surface area contributed by atoms with E-state index < -0.39 is 0 Å². The second-order valence-electron chi connectivity index (χ2n) is 4.41. The normalized spacial score (nSPS) is 18.1. The Labute approximate surface area is 87.6 Å². The van der Waals surface area contributed by atoms with E-state index in [1.165, 1.54) is 19.3 Å². The van der Waals surface area contributed by atoms with Crippen molar-refractivity contribution in [3.05, 3.63) is 12.2 Å². The van der Waals surface area contributed by atoms with Crippen LogP contribution in [0, 0.1) is 5.92 Å². The third kappa shape index (κ3) is 3.28. The number of hydrogen-bond donors (Lipinski definition) is 0. The van der Waals surface area contributed by atoms with E-state index in [-0.39, 0.29) is 0 Å². The third-order valence-electron chi connectivity index (χ3n) is 3.16. The molecule has 1 nitrogen and oxygen atoms in total. The molecule has 0 radical (unpaired) electrons. The summed E-state index contributed by atoms with van der Waals surface area (Å²) in [6.45, 7) is 6.07. The average molecular weight is 194 g/mol. The van der Waals surface area contributed by atoms with Crippen LogP contribution in [0.1, 0.15) is 58.3 Å². The van der Waals surface area contributed by atoms with Gasteiger partial charge in [-0.3, -0.25) is 4.79 Å². The average Bonchev–Trinajstić information content (AvgIpc) is 2.26. The molecule has 1 heteroatoms. The zero-order valence-corrected chi connectivity index (χ0v) is 9.35. The van der Waals surface area contributed by atoms with Crippen molar-refractivity contribution in [3.8, 4) is 0 Å². The fourth-order valence-corrected chi connectivity index (χ4v) is 2.17. The van der Waals surface area contributed by atoms with Gasteiger partial charge in [0, 0.05) is 5.92 Å². The number of hydrogen-bond acceptors (Lipinski definition) is 1. The lowest BCUT2D eigenvalue weighted by Gasteiger charge is -2.21. The maximum Gasteiger partial charge on any atom is 0.161 e. The summed E-state index contributed by atoms with van der Waals surface area (Å²) >= 11 is 0. The molecule has 80 valence electrons. The van der Waals surface area contributed by atoms with Crippen molar-refractivity contribution in [2.45, 2.75) is 58.3 Å². The minimum atomic E-state index is 0.313. The third-order valence-corrected chi connectivity index (χ3v) is 3.16. The highest BCUT2D eigenvalue weighted by Crippen LogP contribution is 2.27. The molecule has 0 bridgehead atoms. The van der Waals surface area contributed by atoms with Gasteiger partial charge in [-0.05, 0) is 31.3 Å².